The quantitative estimate of drug-likeness (QED) is 0.747. The summed E-state index contributed by atoms with van der Waals surface area (Å²) in [6.07, 6.45) is 3.91. The van der Waals surface area contributed by atoms with Crippen LogP contribution in [0, 0.1) is 45.3 Å². The van der Waals surface area contributed by atoms with E-state index in [1.54, 1.807) is 0 Å². The van der Waals surface area contributed by atoms with Gasteiger partial charge in [-0.25, -0.2) is 0 Å². The zero-order valence-electron chi connectivity index (χ0n) is 14.7. The van der Waals surface area contributed by atoms with Crippen molar-refractivity contribution in [2.24, 2.45) is 45.3 Å². The summed E-state index contributed by atoms with van der Waals surface area (Å²) in [5.74, 6) is 1.93. The summed E-state index contributed by atoms with van der Waals surface area (Å²) >= 11 is 0. The van der Waals surface area contributed by atoms with E-state index in [4.69, 9.17) is 0 Å². The lowest BCUT2D eigenvalue weighted by atomic mass is 9.39. The molecule has 0 radical (unpaired) electrons. The minimum atomic E-state index is -0.490. The molecule has 1 spiro atoms. The normalized spacial score (nSPS) is 61.9. The predicted molar refractivity (Wildman–Crippen MR) is 85.5 cm³/mol. The molecule has 6 aliphatic carbocycles. The summed E-state index contributed by atoms with van der Waals surface area (Å²) < 4.78 is 0. The topological polar surface area (TPSA) is 54.4 Å². The average molecular weight is 316 g/mol. The fourth-order valence-electron chi connectivity index (χ4n) is 8.34. The molecule has 3 nitrogen and oxygen atoms in total. The van der Waals surface area contributed by atoms with Gasteiger partial charge in [0.1, 0.15) is 11.6 Å². The van der Waals surface area contributed by atoms with Crippen molar-refractivity contribution in [3.05, 3.63) is 0 Å². The monoisotopic (exact) mass is 316 g/mol. The molecule has 126 valence electrons. The third kappa shape index (κ3) is 1.20. The number of hydrogen-bond acceptors (Lipinski definition) is 3. The predicted octanol–water partition coefficient (Wildman–Crippen LogP) is 2.99. The molecule has 6 rings (SSSR count). The Morgan fingerprint density at radius 3 is 2.35 bits per heavy atom. The number of Topliss-reactive ketones (excluding diaryl/α,β-unsaturated/α-hetero) is 2. The smallest absolute Gasteiger partial charge is 0.145 e. The van der Waals surface area contributed by atoms with Crippen LogP contribution in [0.15, 0.2) is 0 Å². The highest BCUT2D eigenvalue weighted by Crippen LogP contribution is 2.83. The Morgan fingerprint density at radius 2 is 1.74 bits per heavy atom. The van der Waals surface area contributed by atoms with E-state index in [0.29, 0.717) is 29.8 Å². The minimum Gasteiger partial charge on any atom is -0.391 e. The molecule has 0 amide bonds. The highest BCUT2D eigenvalue weighted by molar-refractivity contribution is 5.97. The van der Waals surface area contributed by atoms with Crippen molar-refractivity contribution in [2.75, 3.05) is 0 Å². The van der Waals surface area contributed by atoms with E-state index in [9.17, 15) is 14.7 Å². The fourth-order valence-corrected chi connectivity index (χ4v) is 8.34. The molecule has 8 atom stereocenters. The molecule has 0 heterocycles. The van der Waals surface area contributed by atoms with Crippen LogP contribution in [0.25, 0.3) is 0 Å². The SMILES string of the molecule is CC1(C)C(=O)CC[C@]2(C)[C@H]3C[C@@H]4C5C(=O)[C@]3(CC[C@@H]12)[C@@H](O)[C@]54C. The molecule has 0 aliphatic heterocycles. The van der Waals surface area contributed by atoms with Gasteiger partial charge in [-0.3, -0.25) is 9.59 Å². The maximum absolute atomic E-state index is 13.2. The van der Waals surface area contributed by atoms with E-state index < -0.39 is 11.5 Å². The summed E-state index contributed by atoms with van der Waals surface area (Å²) in [7, 11) is 0. The molecule has 23 heavy (non-hydrogen) atoms. The van der Waals surface area contributed by atoms with Crippen LogP contribution >= 0.6 is 0 Å². The Kier molecular flexibility index (Phi) is 2.30. The van der Waals surface area contributed by atoms with Crippen molar-refractivity contribution in [1.29, 1.82) is 0 Å². The van der Waals surface area contributed by atoms with E-state index in [-0.39, 0.29) is 28.1 Å². The molecule has 6 aliphatic rings. The number of carbonyl (C=O) groups is 2. The number of carbonyl (C=O) groups excluding carboxylic acids is 2. The van der Waals surface area contributed by atoms with Crippen molar-refractivity contribution in [1.82, 2.24) is 0 Å². The Bertz CT molecular complexity index is 651. The molecule has 4 bridgehead atoms. The van der Waals surface area contributed by atoms with Crippen LogP contribution in [-0.4, -0.2) is 22.8 Å². The van der Waals surface area contributed by atoms with E-state index in [0.717, 1.165) is 25.7 Å². The lowest BCUT2D eigenvalue weighted by Crippen LogP contribution is -2.65. The number of hydrogen-bond donors (Lipinski definition) is 1. The average Bonchev–Trinajstić information content (AvgIpc) is 3.07. The van der Waals surface area contributed by atoms with Gasteiger partial charge in [0.2, 0.25) is 0 Å². The third-order valence-electron chi connectivity index (χ3n) is 9.61. The van der Waals surface area contributed by atoms with Crippen LogP contribution in [0.5, 0.6) is 0 Å². The summed E-state index contributed by atoms with van der Waals surface area (Å²) in [5, 5.41) is 11.1. The first-order valence-electron chi connectivity index (χ1n) is 9.38. The van der Waals surface area contributed by atoms with Crippen molar-refractivity contribution in [2.45, 2.75) is 65.9 Å². The largest absolute Gasteiger partial charge is 0.391 e. The van der Waals surface area contributed by atoms with E-state index >= 15 is 0 Å². The van der Waals surface area contributed by atoms with Crippen molar-refractivity contribution in [3.8, 4) is 0 Å². The first-order chi connectivity index (χ1) is 10.6. The molecule has 1 N–H and O–H groups in total. The lowest BCUT2D eigenvalue weighted by Gasteiger charge is -2.64. The molecule has 0 saturated heterocycles. The highest BCUT2D eigenvalue weighted by Gasteiger charge is 2.87. The first kappa shape index (κ1) is 14.6. The Morgan fingerprint density at radius 1 is 1.04 bits per heavy atom. The van der Waals surface area contributed by atoms with Gasteiger partial charge in [-0.1, -0.05) is 27.7 Å². The Labute approximate surface area is 138 Å². The van der Waals surface area contributed by atoms with Crippen LogP contribution < -0.4 is 0 Å². The maximum Gasteiger partial charge on any atom is 0.145 e. The van der Waals surface area contributed by atoms with E-state index in [2.05, 4.69) is 27.7 Å². The molecule has 6 saturated carbocycles. The van der Waals surface area contributed by atoms with Gasteiger partial charge in [-0.05, 0) is 48.9 Å². The van der Waals surface area contributed by atoms with E-state index in [1.165, 1.54) is 0 Å². The van der Waals surface area contributed by atoms with Gasteiger partial charge in [0.05, 0.1) is 11.5 Å². The molecule has 1 unspecified atom stereocenters. The van der Waals surface area contributed by atoms with Gasteiger partial charge in [0, 0.05) is 23.2 Å². The van der Waals surface area contributed by atoms with E-state index in [1.807, 2.05) is 0 Å². The standard InChI is InChI=1S/C20H28O3/c1-17(2)11-5-8-20-12(18(11,3)7-6-13(17)21)9-10-14(15(20)22)19(10,4)16(20)23/h10-12,14,16,23H,5-9H2,1-4H3/t10-,11+,12-,14?,16+,18+,19+,20-/m1/s1. The summed E-state index contributed by atoms with van der Waals surface area (Å²) in [4.78, 5) is 25.7. The van der Waals surface area contributed by atoms with Gasteiger partial charge in [-0.2, -0.15) is 0 Å². The molecule has 3 heteroatoms. The molecule has 0 aromatic rings. The molecule has 6 fully saturated rings. The summed E-state index contributed by atoms with van der Waals surface area (Å²) in [6, 6.07) is 0. The first-order valence-corrected chi connectivity index (χ1v) is 9.38. The molecule has 0 aromatic carbocycles. The van der Waals surface area contributed by atoms with Gasteiger partial charge >= 0.3 is 0 Å². The molecular weight excluding hydrogens is 288 g/mol. The van der Waals surface area contributed by atoms with Gasteiger partial charge in [-0.15, -0.1) is 0 Å². The zero-order valence-corrected chi connectivity index (χ0v) is 14.7. The number of aliphatic hydroxyl groups is 1. The van der Waals surface area contributed by atoms with Gasteiger partial charge in [0.15, 0.2) is 0 Å². The second-order valence-electron chi connectivity index (χ2n) is 10.3. The number of ketones is 2. The maximum atomic E-state index is 13.2. The van der Waals surface area contributed by atoms with Crippen molar-refractivity contribution >= 4 is 11.6 Å². The van der Waals surface area contributed by atoms with Crippen LogP contribution in [0.1, 0.15) is 59.8 Å². The fraction of sp³-hybridized carbons (Fsp3) is 0.900. The van der Waals surface area contributed by atoms with Crippen LogP contribution in [0.2, 0.25) is 0 Å². The lowest BCUT2D eigenvalue weighted by molar-refractivity contribution is -0.199. The molecular formula is C20H28O3. The number of aliphatic hydroxyl groups excluding tert-OH is 1. The van der Waals surface area contributed by atoms with Gasteiger partial charge < -0.3 is 5.11 Å². The van der Waals surface area contributed by atoms with Crippen LogP contribution in [0.4, 0.5) is 0 Å². The highest BCUT2D eigenvalue weighted by atomic mass is 16.3. The summed E-state index contributed by atoms with van der Waals surface area (Å²) in [6.45, 7) is 8.69. The minimum absolute atomic E-state index is 0.0290. The number of fused-ring (bicyclic) bond motifs is 1. The van der Waals surface area contributed by atoms with Crippen LogP contribution in [-0.2, 0) is 9.59 Å². The second-order valence-corrected chi connectivity index (χ2v) is 10.3. The van der Waals surface area contributed by atoms with Crippen molar-refractivity contribution < 1.29 is 14.7 Å². The zero-order chi connectivity index (χ0) is 16.6. The third-order valence-corrected chi connectivity index (χ3v) is 9.61. The Hall–Kier alpha value is -0.700. The number of rotatable bonds is 0. The Balaban J connectivity index is 1.64. The molecule has 0 aromatic heterocycles. The van der Waals surface area contributed by atoms with Gasteiger partial charge in [0.25, 0.3) is 0 Å². The van der Waals surface area contributed by atoms with Crippen LogP contribution in [0.3, 0.4) is 0 Å². The summed E-state index contributed by atoms with van der Waals surface area (Å²) in [5.41, 5.74) is -0.871. The van der Waals surface area contributed by atoms with Crippen molar-refractivity contribution in [3.63, 3.8) is 0 Å². The second kappa shape index (κ2) is 3.61.